The maximum absolute atomic E-state index is 12.4. The molecule has 4 heteroatoms. The molecule has 0 radical (unpaired) electrons. The number of hydrogen-bond donors (Lipinski definition) is 0. The van der Waals surface area contributed by atoms with E-state index in [1.807, 2.05) is 47.4 Å². The van der Waals surface area contributed by atoms with Crippen molar-refractivity contribution in [2.45, 2.75) is 26.3 Å². The quantitative estimate of drug-likeness (QED) is 0.652. The molecule has 0 unspecified atom stereocenters. The highest BCUT2D eigenvalue weighted by Crippen LogP contribution is 2.23. The van der Waals surface area contributed by atoms with Crippen molar-refractivity contribution >= 4 is 23.0 Å². The predicted octanol–water partition coefficient (Wildman–Crippen LogP) is 4.30. The molecule has 1 fully saturated rings. The summed E-state index contributed by atoms with van der Waals surface area (Å²) in [5, 5.41) is 0. The van der Waals surface area contributed by atoms with Crippen molar-refractivity contribution in [3.8, 4) is 0 Å². The summed E-state index contributed by atoms with van der Waals surface area (Å²) in [4.78, 5) is 19.1. The molecule has 0 aliphatic carbocycles. The molecule has 4 nitrogen and oxygen atoms in total. The van der Waals surface area contributed by atoms with Crippen LogP contribution in [0.1, 0.15) is 24.2 Å². The Bertz CT molecular complexity index is 950. The third-order valence-corrected chi connectivity index (χ3v) is 5.43. The van der Waals surface area contributed by atoms with Crippen molar-refractivity contribution in [3.05, 3.63) is 72.1 Å². The summed E-state index contributed by atoms with van der Waals surface area (Å²) in [6.45, 7) is 4.71. The largest absolute Gasteiger partial charge is 0.339 e. The van der Waals surface area contributed by atoms with Crippen molar-refractivity contribution in [2.75, 3.05) is 13.1 Å². The number of aromatic nitrogens is 2. The smallest absolute Gasteiger partial charge is 0.246 e. The van der Waals surface area contributed by atoms with Crippen molar-refractivity contribution in [1.82, 2.24) is 14.5 Å². The normalized spacial score (nSPS) is 15.7. The third-order valence-electron chi connectivity index (χ3n) is 5.43. The van der Waals surface area contributed by atoms with Crippen LogP contribution in [0.3, 0.4) is 0 Å². The van der Waals surface area contributed by atoms with Gasteiger partial charge in [-0.25, -0.2) is 4.98 Å². The summed E-state index contributed by atoms with van der Waals surface area (Å²) in [6, 6.07) is 18.3. The molecule has 1 amide bonds. The molecule has 2 aromatic carbocycles. The number of piperidine rings is 1. The first-order valence-electron chi connectivity index (χ1n) is 9.64. The van der Waals surface area contributed by atoms with Crippen LogP contribution >= 0.6 is 0 Å². The topological polar surface area (TPSA) is 38.1 Å². The lowest BCUT2D eigenvalue weighted by atomic mass is 9.96. The number of amides is 1. The minimum absolute atomic E-state index is 0.113. The van der Waals surface area contributed by atoms with Crippen LogP contribution < -0.4 is 0 Å². The fourth-order valence-corrected chi connectivity index (χ4v) is 3.86. The predicted molar refractivity (Wildman–Crippen MR) is 109 cm³/mol. The van der Waals surface area contributed by atoms with Gasteiger partial charge in [-0.15, -0.1) is 0 Å². The maximum atomic E-state index is 12.4. The number of fused-ring (bicyclic) bond motifs is 1. The van der Waals surface area contributed by atoms with Crippen LogP contribution in [-0.4, -0.2) is 33.4 Å². The number of likely N-dealkylation sites (tertiary alicyclic amines) is 1. The Morgan fingerprint density at radius 3 is 2.56 bits per heavy atom. The van der Waals surface area contributed by atoms with Crippen molar-refractivity contribution in [1.29, 1.82) is 0 Å². The molecule has 138 valence electrons. The molecular formula is C23H25N3O. The number of rotatable bonds is 4. The number of nitrogens with zero attached hydrogens (tertiary/aromatic N) is 3. The second-order valence-corrected chi connectivity index (χ2v) is 7.27. The molecule has 0 saturated carbocycles. The fraction of sp³-hybridized carbons (Fsp3) is 0.304. The van der Waals surface area contributed by atoms with Gasteiger partial charge in [-0.3, -0.25) is 4.79 Å². The lowest BCUT2D eigenvalue weighted by Crippen LogP contribution is -2.38. The van der Waals surface area contributed by atoms with Gasteiger partial charge < -0.3 is 9.47 Å². The molecule has 3 aromatic rings. The Labute approximate surface area is 160 Å². The summed E-state index contributed by atoms with van der Waals surface area (Å²) < 4.78 is 2.33. The van der Waals surface area contributed by atoms with Crippen LogP contribution in [0.25, 0.3) is 17.1 Å². The Hall–Kier alpha value is -2.88. The van der Waals surface area contributed by atoms with E-state index in [2.05, 4.69) is 34.7 Å². The summed E-state index contributed by atoms with van der Waals surface area (Å²) in [5.74, 6) is 1.77. The van der Waals surface area contributed by atoms with Crippen LogP contribution in [0.5, 0.6) is 0 Å². The Kier molecular flexibility index (Phi) is 5.05. The molecule has 1 aliphatic heterocycles. The van der Waals surface area contributed by atoms with Gasteiger partial charge in [0.15, 0.2) is 0 Å². The highest BCUT2D eigenvalue weighted by atomic mass is 16.2. The summed E-state index contributed by atoms with van der Waals surface area (Å²) >= 11 is 0. The van der Waals surface area contributed by atoms with Crippen molar-refractivity contribution in [3.63, 3.8) is 0 Å². The zero-order chi connectivity index (χ0) is 18.6. The molecule has 27 heavy (non-hydrogen) atoms. The molecule has 0 N–H and O–H groups in total. The Morgan fingerprint density at radius 2 is 1.78 bits per heavy atom. The number of hydrogen-bond acceptors (Lipinski definition) is 2. The molecule has 0 spiro atoms. The van der Waals surface area contributed by atoms with Crippen LogP contribution in [0.2, 0.25) is 0 Å². The van der Waals surface area contributed by atoms with Crippen molar-refractivity contribution < 1.29 is 4.79 Å². The van der Waals surface area contributed by atoms with E-state index in [-0.39, 0.29) is 5.91 Å². The zero-order valence-electron chi connectivity index (χ0n) is 15.7. The first-order chi connectivity index (χ1) is 13.2. The first-order valence-corrected chi connectivity index (χ1v) is 9.64. The Morgan fingerprint density at radius 1 is 1.07 bits per heavy atom. The lowest BCUT2D eigenvalue weighted by molar-refractivity contribution is -0.127. The van der Waals surface area contributed by atoms with E-state index in [9.17, 15) is 4.79 Å². The van der Waals surface area contributed by atoms with Gasteiger partial charge in [0.25, 0.3) is 0 Å². The van der Waals surface area contributed by atoms with Gasteiger partial charge in [0.2, 0.25) is 5.91 Å². The van der Waals surface area contributed by atoms with Gasteiger partial charge in [-0.1, -0.05) is 42.5 Å². The molecule has 4 rings (SSSR count). The second kappa shape index (κ2) is 7.78. The van der Waals surface area contributed by atoms with Crippen LogP contribution in [0, 0.1) is 12.8 Å². The highest BCUT2D eigenvalue weighted by Gasteiger charge is 2.22. The van der Waals surface area contributed by atoms with Crippen LogP contribution in [0.4, 0.5) is 0 Å². The number of imidazole rings is 1. The Balaban J connectivity index is 1.35. The minimum Gasteiger partial charge on any atom is -0.339 e. The number of carbonyl (C=O) groups excluding carboxylic acids is 1. The molecular weight excluding hydrogens is 334 g/mol. The minimum atomic E-state index is 0.113. The van der Waals surface area contributed by atoms with Gasteiger partial charge in [0.1, 0.15) is 5.82 Å². The monoisotopic (exact) mass is 359 g/mol. The molecule has 2 heterocycles. The summed E-state index contributed by atoms with van der Waals surface area (Å²) in [6.07, 6.45) is 5.67. The van der Waals surface area contributed by atoms with Gasteiger partial charge >= 0.3 is 0 Å². The summed E-state index contributed by atoms with van der Waals surface area (Å²) in [5.41, 5.74) is 3.33. The van der Waals surface area contributed by atoms with E-state index in [4.69, 9.17) is 0 Å². The van der Waals surface area contributed by atoms with E-state index in [0.717, 1.165) is 49.4 Å². The van der Waals surface area contributed by atoms with Gasteiger partial charge in [0, 0.05) is 25.7 Å². The third kappa shape index (κ3) is 3.95. The van der Waals surface area contributed by atoms with Crippen LogP contribution in [-0.2, 0) is 11.3 Å². The molecule has 0 bridgehead atoms. The SMILES string of the molecule is Cc1nc2ccccc2n1CC1CCN(C(=O)/C=C/c2ccccc2)CC1. The lowest BCUT2D eigenvalue weighted by Gasteiger charge is -2.31. The van der Waals surface area contributed by atoms with Crippen LogP contribution in [0.15, 0.2) is 60.7 Å². The molecule has 0 atom stereocenters. The van der Waals surface area contributed by atoms with E-state index in [1.165, 1.54) is 5.52 Å². The number of para-hydroxylation sites is 2. The van der Waals surface area contributed by atoms with E-state index in [1.54, 1.807) is 6.08 Å². The number of benzene rings is 2. The maximum Gasteiger partial charge on any atom is 0.246 e. The zero-order valence-corrected chi connectivity index (χ0v) is 15.7. The fourth-order valence-electron chi connectivity index (χ4n) is 3.86. The van der Waals surface area contributed by atoms with Gasteiger partial charge in [0.05, 0.1) is 11.0 Å². The molecule has 1 aliphatic rings. The second-order valence-electron chi connectivity index (χ2n) is 7.27. The molecule has 1 saturated heterocycles. The highest BCUT2D eigenvalue weighted by molar-refractivity contribution is 5.91. The number of aryl methyl sites for hydroxylation is 1. The van der Waals surface area contributed by atoms with Gasteiger partial charge in [-0.2, -0.15) is 0 Å². The number of carbonyl (C=O) groups is 1. The van der Waals surface area contributed by atoms with Gasteiger partial charge in [-0.05, 0) is 49.5 Å². The average Bonchev–Trinajstić information content (AvgIpc) is 3.03. The average molecular weight is 359 g/mol. The van der Waals surface area contributed by atoms with Crippen molar-refractivity contribution in [2.24, 2.45) is 5.92 Å². The standard InChI is InChI=1S/C23H25N3O/c1-18-24-21-9-5-6-10-22(21)26(18)17-20-13-15-25(16-14-20)23(27)12-11-19-7-3-2-4-8-19/h2-12,20H,13-17H2,1H3/b12-11+. The van der Waals surface area contributed by atoms with E-state index in [0.29, 0.717) is 5.92 Å². The first kappa shape index (κ1) is 17.5. The van der Waals surface area contributed by atoms with E-state index < -0.39 is 0 Å². The van der Waals surface area contributed by atoms with E-state index >= 15 is 0 Å². The molecule has 1 aromatic heterocycles. The summed E-state index contributed by atoms with van der Waals surface area (Å²) in [7, 11) is 0.